The molecule has 1 nitrogen and oxygen atoms in total. The minimum Gasteiger partial charge on any atom is -2.00 e. The van der Waals surface area contributed by atoms with E-state index in [1.54, 1.807) is 0 Å². The Bertz CT molecular complexity index is 8.00. The van der Waals surface area contributed by atoms with Gasteiger partial charge in [-0.1, -0.05) is 0 Å². The predicted octanol–water partition coefficient (Wildman–Crippen LogP) is -0.505. The quantitative estimate of drug-likeness (QED) is 0.453. The molecule has 0 N–H and O–H groups in total. The standard InChI is InChI=1S/Cr.Mg.O.Zr/q+3;+2;-2;+4. The summed E-state index contributed by atoms with van der Waals surface area (Å²) in [6.45, 7) is 0. The van der Waals surface area contributed by atoms with E-state index in [9.17, 15) is 0 Å². The van der Waals surface area contributed by atoms with Crippen LogP contribution in [0.2, 0.25) is 0 Å². The van der Waals surface area contributed by atoms with Gasteiger partial charge >= 0.3 is 66.6 Å². The Morgan fingerprint density at radius 2 is 1.00 bits per heavy atom. The summed E-state index contributed by atoms with van der Waals surface area (Å²) < 4.78 is 0. The van der Waals surface area contributed by atoms with Crippen molar-refractivity contribution in [3.63, 3.8) is 0 Å². The zero-order valence-corrected chi connectivity index (χ0v) is 7.17. The average molecular weight is 184 g/mol. The van der Waals surface area contributed by atoms with Crippen LogP contribution in [0, 0.1) is 0 Å². The van der Waals surface area contributed by atoms with Gasteiger partial charge in [-0.15, -0.1) is 0 Å². The molecule has 0 saturated heterocycles. The SMILES string of the molecule is [Cr+3].[Mg+2].[O-2].[Zr+4]. The molecule has 1 radical (unpaired) electrons. The summed E-state index contributed by atoms with van der Waals surface area (Å²) >= 11 is 0. The van der Waals surface area contributed by atoms with Gasteiger partial charge in [0.2, 0.25) is 0 Å². The Balaban J connectivity index is 0. The predicted molar refractivity (Wildman–Crippen MR) is 6.44 cm³/mol. The third-order valence-corrected chi connectivity index (χ3v) is 0. The molecule has 0 atom stereocenters. The van der Waals surface area contributed by atoms with Crippen molar-refractivity contribution in [3.05, 3.63) is 0 Å². The fourth-order valence-electron chi connectivity index (χ4n) is 0. The molecule has 0 fully saturated rings. The fraction of sp³-hybridized carbons (Fsp3) is 0. The van der Waals surface area contributed by atoms with Crippen molar-refractivity contribution in [1.82, 2.24) is 0 Å². The molecule has 0 rings (SSSR count). The van der Waals surface area contributed by atoms with Crippen LogP contribution in [0.4, 0.5) is 0 Å². The van der Waals surface area contributed by atoms with E-state index in [-0.39, 0.29) is 72.1 Å². The molecule has 0 spiro atoms. The van der Waals surface area contributed by atoms with E-state index < -0.39 is 0 Å². The minimum atomic E-state index is 0. The summed E-state index contributed by atoms with van der Waals surface area (Å²) in [6, 6.07) is 0. The first kappa shape index (κ1) is 35.4. The van der Waals surface area contributed by atoms with Crippen molar-refractivity contribution in [3.8, 4) is 0 Å². The summed E-state index contributed by atoms with van der Waals surface area (Å²) in [5, 5.41) is 0. The third-order valence-electron chi connectivity index (χ3n) is 0. The molecule has 4 heavy (non-hydrogen) atoms. The van der Waals surface area contributed by atoms with Crippen LogP contribution in [0.5, 0.6) is 0 Å². The maximum absolute atomic E-state index is 0. The minimum absolute atomic E-state index is 0. The normalized spacial score (nSPS) is 0. The van der Waals surface area contributed by atoms with Gasteiger partial charge in [-0.25, -0.2) is 0 Å². The summed E-state index contributed by atoms with van der Waals surface area (Å²) in [7, 11) is 0. The zero-order chi connectivity index (χ0) is 0. The molecule has 0 aromatic carbocycles. The molecule has 0 aliphatic carbocycles. The van der Waals surface area contributed by atoms with E-state index in [1.165, 1.54) is 0 Å². The molecule has 0 amide bonds. The maximum Gasteiger partial charge on any atom is 4.00 e. The van der Waals surface area contributed by atoms with Gasteiger partial charge < -0.3 is 5.48 Å². The van der Waals surface area contributed by atoms with Crippen LogP contribution in [0.15, 0.2) is 0 Å². The van der Waals surface area contributed by atoms with Crippen LogP contribution in [0.1, 0.15) is 0 Å². The number of rotatable bonds is 0. The van der Waals surface area contributed by atoms with Crippen LogP contribution in [0.25, 0.3) is 0 Å². The topological polar surface area (TPSA) is 28.5 Å². The first-order chi connectivity index (χ1) is 0. The van der Waals surface area contributed by atoms with Gasteiger partial charge in [0.15, 0.2) is 0 Å². The molecular weight excluding hydrogens is 184 g/mol. The molecule has 0 bridgehead atoms. The van der Waals surface area contributed by atoms with Crippen molar-refractivity contribution >= 4 is 23.1 Å². The van der Waals surface area contributed by atoms with Gasteiger partial charge in [-0.2, -0.15) is 0 Å². The summed E-state index contributed by atoms with van der Waals surface area (Å²) in [5.74, 6) is 0. The largest absolute Gasteiger partial charge is 4.00 e. The molecule has 0 aliphatic rings. The van der Waals surface area contributed by atoms with Crippen LogP contribution in [0.3, 0.4) is 0 Å². The van der Waals surface area contributed by atoms with Crippen LogP contribution >= 0.6 is 0 Å². The molecule has 0 aromatic rings. The molecule has 11 valence electrons. The monoisotopic (exact) mass is 182 g/mol. The molecule has 0 saturated carbocycles. The van der Waals surface area contributed by atoms with Crippen molar-refractivity contribution in [2.75, 3.05) is 0 Å². The van der Waals surface area contributed by atoms with E-state index in [1.807, 2.05) is 0 Å². The number of hydrogen-bond acceptors (Lipinski definition) is 0. The van der Waals surface area contributed by atoms with Crippen LogP contribution in [-0.4, -0.2) is 23.1 Å². The first-order valence-corrected chi connectivity index (χ1v) is 0. The Morgan fingerprint density at radius 3 is 1.00 bits per heavy atom. The van der Waals surface area contributed by atoms with E-state index >= 15 is 0 Å². The van der Waals surface area contributed by atoms with Crippen molar-refractivity contribution in [2.45, 2.75) is 0 Å². The zero-order valence-electron chi connectivity index (χ0n) is 2.02. The molecular formula is CrMgOZr+7. The summed E-state index contributed by atoms with van der Waals surface area (Å²) in [5.41, 5.74) is 0. The van der Waals surface area contributed by atoms with Crippen LogP contribution < -0.4 is 0 Å². The van der Waals surface area contributed by atoms with Gasteiger partial charge in [0, 0.05) is 0 Å². The second kappa shape index (κ2) is 19.2. The smallest absolute Gasteiger partial charge is 2.00 e. The van der Waals surface area contributed by atoms with Gasteiger partial charge in [0.1, 0.15) is 0 Å². The van der Waals surface area contributed by atoms with Gasteiger partial charge in [-0.3, -0.25) is 0 Å². The molecule has 0 aliphatic heterocycles. The Kier molecular flexibility index (Phi) is 170. The van der Waals surface area contributed by atoms with Crippen molar-refractivity contribution in [2.24, 2.45) is 0 Å². The molecule has 0 aromatic heterocycles. The maximum atomic E-state index is 0. The van der Waals surface area contributed by atoms with E-state index in [2.05, 4.69) is 0 Å². The Hall–Kier alpha value is 2.14. The van der Waals surface area contributed by atoms with Gasteiger partial charge in [0.05, 0.1) is 0 Å². The molecule has 0 heterocycles. The molecule has 0 unspecified atom stereocenters. The second-order valence-electron chi connectivity index (χ2n) is 0. The Labute approximate surface area is 71.2 Å². The van der Waals surface area contributed by atoms with E-state index in [4.69, 9.17) is 0 Å². The Morgan fingerprint density at radius 1 is 1.00 bits per heavy atom. The van der Waals surface area contributed by atoms with Crippen LogP contribution in [-0.2, 0) is 49.0 Å². The van der Waals surface area contributed by atoms with Crippen molar-refractivity contribution < 1.29 is 49.0 Å². The second-order valence-corrected chi connectivity index (χ2v) is 0. The summed E-state index contributed by atoms with van der Waals surface area (Å²) in [6.07, 6.45) is 0. The average Bonchev–Trinajstić information content (AvgIpc) is 0. The summed E-state index contributed by atoms with van der Waals surface area (Å²) in [4.78, 5) is 0. The first-order valence-electron chi connectivity index (χ1n) is 0. The van der Waals surface area contributed by atoms with E-state index in [0.29, 0.717) is 0 Å². The number of hydrogen-bond donors (Lipinski definition) is 0. The van der Waals surface area contributed by atoms with E-state index in [0.717, 1.165) is 0 Å². The van der Waals surface area contributed by atoms with Crippen molar-refractivity contribution in [1.29, 1.82) is 0 Å². The van der Waals surface area contributed by atoms with Gasteiger partial charge in [0.25, 0.3) is 0 Å². The fourth-order valence-corrected chi connectivity index (χ4v) is 0. The third kappa shape index (κ3) is 8.91. The molecule has 4 heteroatoms. The van der Waals surface area contributed by atoms with Gasteiger partial charge in [-0.05, 0) is 0 Å².